The van der Waals surface area contributed by atoms with Crippen molar-refractivity contribution in [2.45, 2.75) is 63.6 Å². The molecule has 1 heterocycles. The van der Waals surface area contributed by atoms with E-state index in [0.717, 1.165) is 42.8 Å². The number of nitrogens with one attached hydrogen (secondary N) is 2. The molecule has 0 aromatic heterocycles. The molecule has 0 atom stereocenters. The fourth-order valence-corrected chi connectivity index (χ4v) is 4.19. The highest BCUT2D eigenvalue weighted by Crippen LogP contribution is 2.36. The van der Waals surface area contributed by atoms with Crippen LogP contribution in [0.3, 0.4) is 0 Å². The first-order valence-corrected chi connectivity index (χ1v) is 10.1. The van der Waals surface area contributed by atoms with Gasteiger partial charge in [-0.05, 0) is 63.6 Å². The second-order valence-corrected chi connectivity index (χ2v) is 9.05. The lowest BCUT2D eigenvalue weighted by atomic mass is 9.85. The van der Waals surface area contributed by atoms with Gasteiger partial charge in [-0.3, -0.25) is 9.69 Å². The molecule has 3 aliphatic rings. The summed E-state index contributed by atoms with van der Waals surface area (Å²) in [5, 5.41) is 15.0. The average Bonchev–Trinajstić information content (AvgIpc) is 3.30. The first kappa shape index (κ1) is 19.1. The van der Waals surface area contributed by atoms with Crippen molar-refractivity contribution in [3.63, 3.8) is 0 Å². The van der Waals surface area contributed by atoms with E-state index in [2.05, 4.69) is 29.4 Å². The van der Waals surface area contributed by atoms with Gasteiger partial charge in [0.25, 0.3) is 0 Å². The maximum absolute atomic E-state index is 12.3. The van der Waals surface area contributed by atoms with Crippen molar-refractivity contribution in [1.29, 1.82) is 0 Å². The predicted octanol–water partition coefficient (Wildman–Crippen LogP) is 2.85. The van der Waals surface area contributed by atoms with Crippen LogP contribution in [0.1, 0.15) is 45.1 Å². The molecule has 2 saturated carbocycles. The highest BCUT2D eigenvalue weighted by atomic mass is 16.5. The SMILES string of the molecule is CC1(C)Cc2cc(NC(=O)NC3CC(N(CC(=O)O)CC4CC4)C3)ccc2O1. The number of carboxylic acid groups (broad SMARTS) is 1. The summed E-state index contributed by atoms with van der Waals surface area (Å²) in [5.74, 6) is 0.758. The largest absolute Gasteiger partial charge is 0.487 e. The molecule has 2 aliphatic carbocycles. The van der Waals surface area contributed by atoms with Gasteiger partial charge in [-0.1, -0.05) is 0 Å². The molecule has 0 spiro atoms. The Morgan fingerprint density at radius 2 is 2.04 bits per heavy atom. The van der Waals surface area contributed by atoms with Crippen LogP contribution in [0.5, 0.6) is 5.75 Å². The highest BCUT2D eigenvalue weighted by Gasteiger charge is 2.37. The first-order chi connectivity index (χ1) is 13.3. The number of aliphatic carboxylic acids is 1. The Hall–Kier alpha value is -2.28. The first-order valence-electron chi connectivity index (χ1n) is 10.1. The summed E-state index contributed by atoms with van der Waals surface area (Å²) in [6.45, 7) is 5.06. The van der Waals surface area contributed by atoms with Crippen LogP contribution in [-0.2, 0) is 11.2 Å². The summed E-state index contributed by atoms with van der Waals surface area (Å²) in [7, 11) is 0. The summed E-state index contributed by atoms with van der Waals surface area (Å²) < 4.78 is 5.86. The molecule has 0 bridgehead atoms. The predicted molar refractivity (Wildman–Crippen MR) is 106 cm³/mol. The highest BCUT2D eigenvalue weighted by molar-refractivity contribution is 5.89. The number of fused-ring (bicyclic) bond motifs is 1. The molecular formula is C21H29N3O4. The van der Waals surface area contributed by atoms with Crippen molar-refractivity contribution in [2.75, 3.05) is 18.4 Å². The Labute approximate surface area is 165 Å². The van der Waals surface area contributed by atoms with Crippen LogP contribution in [0.25, 0.3) is 0 Å². The number of carboxylic acids is 1. The quantitative estimate of drug-likeness (QED) is 0.669. The van der Waals surface area contributed by atoms with E-state index in [-0.39, 0.29) is 30.3 Å². The Morgan fingerprint density at radius 3 is 2.71 bits per heavy atom. The molecule has 7 heteroatoms. The van der Waals surface area contributed by atoms with Gasteiger partial charge in [0, 0.05) is 36.3 Å². The number of urea groups is 1. The fourth-order valence-electron chi connectivity index (χ4n) is 4.19. The molecule has 2 fully saturated rings. The van der Waals surface area contributed by atoms with Crippen LogP contribution in [0.4, 0.5) is 10.5 Å². The molecule has 4 rings (SSSR count). The number of carbonyl (C=O) groups is 2. The standard InChI is InChI=1S/C21H29N3O4/c1-21(2)10-14-7-15(5-6-18(14)28-21)22-20(27)23-16-8-17(9-16)24(12-19(25)26)11-13-3-4-13/h5-7,13,16-17H,3-4,8-12H2,1-2H3,(H,25,26)(H2,22,23,27). The minimum atomic E-state index is -0.779. The van der Waals surface area contributed by atoms with Crippen LogP contribution in [-0.4, -0.2) is 52.8 Å². The van der Waals surface area contributed by atoms with Crippen LogP contribution in [0.2, 0.25) is 0 Å². The van der Waals surface area contributed by atoms with Gasteiger partial charge >= 0.3 is 12.0 Å². The summed E-state index contributed by atoms with van der Waals surface area (Å²) in [6.07, 6.45) is 4.84. The van der Waals surface area contributed by atoms with E-state index in [0.29, 0.717) is 5.92 Å². The zero-order chi connectivity index (χ0) is 19.9. The fraction of sp³-hybridized carbons (Fsp3) is 0.619. The average molecular weight is 387 g/mol. The Kier molecular flexibility index (Phi) is 4.95. The van der Waals surface area contributed by atoms with Crippen molar-refractivity contribution in [3.8, 4) is 5.75 Å². The molecule has 1 aromatic carbocycles. The lowest BCUT2D eigenvalue weighted by Crippen LogP contribution is -2.55. The summed E-state index contributed by atoms with van der Waals surface area (Å²) in [6, 6.07) is 5.86. The minimum Gasteiger partial charge on any atom is -0.487 e. The van der Waals surface area contributed by atoms with Crippen LogP contribution in [0.15, 0.2) is 18.2 Å². The number of benzene rings is 1. The zero-order valence-corrected chi connectivity index (χ0v) is 16.5. The van der Waals surface area contributed by atoms with E-state index in [9.17, 15) is 9.59 Å². The minimum absolute atomic E-state index is 0.0909. The van der Waals surface area contributed by atoms with Crippen molar-refractivity contribution < 1.29 is 19.4 Å². The van der Waals surface area contributed by atoms with Gasteiger partial charge in [-0.15, -0.1) is 0 Å². The van der Waals surface area contributed by atoms with Crippen molar-refractivity contribution in [1.82, 2.24) is 10.2 Å². The third kappa shape index (κ3) is 4.58. The molecule has 152 valence electrons. The molecule has 1 aromatic rings. The van der Waals surface area contributed by atoms with Crippen LogP contribution in [0, 0.1) is 5.92 Å². The molecule has 2 amide bonds. The maximum atomic E-state index is 12.3. The molecule has 3 N–H and O–H groups in total. The second kappa shape index (κ2) is 7.28. The zero-order valence-electron chi connectivity index (χ0n) is 16.5. The maximum Gasteiger partial charge on any atom is 0.319 e. The number of carbonyl (C=O) groups excluding carboxylic acids is 1. The molecule has 1 aliphatic heterocycles. The lowest BCUT2D eigenvalue weighted by molar-refractivity contribution is -0.139. The van der Waals surface area contributed by atoms with Crippen molar-refractivity contribution in [2.24, 2.45) is 5.92 Å². The van der Waals surface area contributed by atoms with Gasteiger partial charge in [-0.25, -0.2) is 4.79 Å². The lowest BCUT2D eigenvalue weighted by Gasteiger charge is -2.42. The van der Waals surface area contributed by atoms with Crippen molar-refractivity contribution in [3.05, 3.63) is 23.8 Å². The third-order valence-corrected chi connectivity index (χ3v) is 5.81. The molecule has 0 unspecified atom stereocenters. The number of anilines is 1. The third-order valence-electron chi connectivity index (χ3n) is 5.81. The van der Waals surface area contributed by atoms with E-state index >= 15 is 0 Å². The topological polar surface area (TPSA) is 90.9 Å². The van der Waals surface area contributed by atoms with Crippen molar-refractivity contribution >= 4 is 17.7 Å². The van der Waals surface area contributed by atoms with Gasteiger partial charge in [-0.2, -0.15) is 0 Å². The molecule has 28 heavy (non-hydrogen) atoms. The Morgan fingerprint density at radius 1 is 1.29 bits per heavy atom. The molecule has 0 saturated heterocycles. The number of ether oxygens (including phenoxy) is 1. The summed E-state index contributed by atoms with van der Waals surface area (Å²) in [5.41, 5.74) is 1.66. The normalized spacial score (nSPS) is 24.8. The Balaban J connectivity index is 1.25. The van der Waals surface area contributed by atoms with E-state index in [1.807, 2.05) is 18.2 Å². The van der Waals surface area contributed by atoms with Gasteiger partial charge in [0.2, 0.25) is 0 Å². The van der Waals surface area contributed by atoms with Gasteiger partial charge in [0.15, 0.2) is 0 Å². The number of nitrogens with zero attached hydrogens (tertiary/aromatic N) is 1. The van der Waals surface area contributed by atoms with Crippen LogP contribution < -0.4 is 15.4 Å². The molecule has 7 nitrogen and oxygen atoms in total. The molecule has 0 radical (unpaired) electrons. The Bertz CT molecular complexity index is 769. The number of hydrogen-bond donors (Lipinski definition) is 3. The van der Waals surface area contributed by atoms with E-state index in [1.54, 1.807) is 0 Å². The number of hydrogen-bond acceptors (Lipinski definition) is 4. The monoisotopic (exact) mass is 387 g/mol. The second-order valence-electron chi connectivity index (χ2n) is 9.05. The number of rotatable bonds is 7. The van der Waals surface area contributed by atoms with E-state index in [4.69, 9.17) is 9.84 Å². The summed E-state index contributed by atoms with van der Waals surface area (Å²) in [4.78, 5) is 25.5. The summed E-state index contributed by atoms with van der Waals surface area (Å²) >= 11 is 0. The van der Waals surface area contributed by atoms with Gasteiger partial charge < -0.3 is 20.5 Å². The smallest absolute Gasteiger partial charge is 0.319 e. The van der Waals surface area contributed by atoms with E-state index in [1.165, 1.54) is 12.8 Å². The van der Waals surface area contributed by atoms with E-state index < -0.39 is 5.97 Å². The van der Waals surface area contributed by atoms with Gasteiger partial charge in [0.05, 0.1) is 6.54 Å². The number of amides is 2. The van der Waals surface area contributed by atoms with Crippen LogP contribution >= 0.6 is 0 Å². The molecular weight excluding hydrogens is 358 g/mol. The van der Waals surface area contributed by atoms with Gasteiger partial charge in [0.1, 0.15) is 11.4 Å².